The average Bonchev–Trinajstić information content (AvgIpc) is 3.83. The van der Waals surface area contributed by atoms with E-state index in [1.807, 2.05) is 88.8 Å². The van der Waals surface area contributed by atoms with E-state index in [-0.39, 0.29) is 36.3 Å². The van der Waals surface area contributed by atoms with Crippen molar-refractivity contribution >= 4 is 90.1 Å². The molecule has 5 heterocycles. The Labute approximate surface area is 457 Å². The summed E-state index contributed by atoms with van der Waals surface area (Å²) >= 11 is 20.6. The number of amides is 4. The topological polar surface area (TPSA) is 195 Å². The SMILES string of the molecule is Cc1c2nc3n1Cc1ccc(Cl)cc1Oc1cc(Br)ccc1N=Nc1ccc(Br)cc1Oc1cc(Cl)ccc1Cn1c(nc(c1C)C(=O)NC(C(C)C)C(=O)N[C@H]3C(C)C)[C@H](C(C)C)NC(=O)[C@H](C(C)C)NC2=O. The normalized spacial score (nSPS) is 18.7. The van der Waals surface area contributed by atoms with Gasteiger partial charge in [-0.1, -0.05) is 123 Å². The Kier molecular flexibility index (Phi) is 16.4. The fourth-order valence-electron chi connectivity index (χ4n) is 8.95. The van der Waals surface area contributed by atoms with Crippen LogP contribution < -0.4 is 30.7 Å². The zero-order chi connectivity index (χ0) is 53.4. The quantitative estimate of drug-likeness (QED) is 0.134. The number of hydrogen-bond donors (Lipinski definition) is 4. The summed E-state index contributed by atoms with van der Waals surface area (Å²) in [6, 6.07) is 17.5. The molecule has 4 N–H and O–H groups in total. The van der Waals surface area contributed by atoms with Gasteiger partial charge in [0.1, 0.15) is 58.0 Å². The lowest BCUT2D eigenvalue weighted by Gasteiger charge is -2.28. The predicted octanol–water partition coefficient (Wildman–Crippen LogP) is 12.8. The second-order valence-electron chi connectivity index (χ2n) is 20.0. The van der Waals surface area contributed by atoms with Crippen LogP contribution >= 0.6 is 55.1 Å². The van der Waals surface area contributed by atoms with Crippen molar-refractivity contribution in [3.63, 3.8) is 0 Å². The van der Waals surface area contributed by atoms with Crippen LogP contribution in [-0.2, 0) is 22.7 Å². The summed E-state index contributed by atoms with van der Waals surface area (Å²) in [7, 11) is 0. The summed E-state index contributed by atoms with van der Waals surface area (Å²) in [4.78, 5) is 69.3. The minimum atomic E-state index is -1.05. The molecule has 1 unspecified atom stereocenters. The molecule has 2 aromatic heterocycles. The number of benzene rings is 4. The zero-order valence-electron chi connectivity index (χ0n) is 42.6. The number of fused-ring (bicyclic) bond motifs is 10. The summed E-state index contributed by atoms with van der Waals surface area (Å²) < 4.78 is 18.6. The van der Waals surface area contributed by atoms with E-state index in [0.29, 0.717) is 87.5 Å². The molecular formula is C54H58Br2Cl2N10O6. The lowest BCUT2D eigenvalue weighted by molar-refractivity contribution is -0.125. The molecule has 4 atom stereocenters. The number of ether oxygens (including phenoxy) is 2. The third kappa shape index (κ3) is 11.6. The summed E-state index contributed by atoms with van der Waals surface area (Å²) in [5.74, 6) is -1.41. The molecule has 0 saturated carbocycles. The Morgan fingerprint density at radius 3 is 1.23 bits per heavy atom. The maximum absolute atomic E-state index is 14.8. The van der Waals surface area contributed by atoms with Crippen LogP contribution in [0, 0.1) is 37.5 Å². The van der Waals surface area contributed by atoms with Crippen molar-refractivity contribution in [1.29, 1.82) is 0 Å². The van der Waals surface area contributed by atoms with Crippen molar-refractivity contribution in [2.75, 3.05) is 0 Å². The van der Waals surface area contributed by atoms with Gasteiger partial charge in [-0.3, -0.25) is 19.2 Å². The van der Waals surface area contributed by atoms with Gasteiger partial charge in [0.25, 0.3) is 11.8 Å². The van der Waals surface area contributed by atoms with E-state index in [1.54, 1.807) is 62.4 Å². The van der Waals surface area contributed by atoms with Gasteiger partial charge in [0, 0.05) is 41.5 Å². The first-order valence-corrected chi connectivity index (χ1v) is 26.7. The van der Waals surface area contributed by atoms with Gasteiger partial charge < -0.3 is 39.9 Å². The number of halogens is 4. The number of nitrogens with one attached hydrogen (secondary N) is 4. The molecule has 0 fully saturated rings. The third-order valence-electron chi connectivity index (χ3n) is 13.2. The van der Waals surface area contributed by atoms with Crippen molar-refractivity contribution in [3.8, 4) is 23.0 Å². The van der Waals surface area contributed by atoms with Gasteiger partial charge in [-0.15, -0.1) is 10.2 Å². The molecule has 0 saturated heterocycles. The molecule has 388 valence electrons. The fraction of sp³-hybridized carbons (Fsp3) is 0.370. The first kappa shape index (κ1) is 54.2. The zero-order valence-corrected chi connectivity index (χ0v) is 47.3. The van der Waals surface area contributed by atoms with Gasteiger partial charge in [-0.25, -0.2) is 9.97 Å². The Bertz CT molecular complexity index is 3000. The second-order valence-corrected chi connectivity index (χ2v) is 22.7. The fourth-order valence-corrected chi connectivity index (χ4v) is 9.95. The highest BCUT2D eigenvalue weighted by Crippen LogP contribution is 2.42. The van der Waals surface area contributed by atoms with Crippen LogP contribution in [0.1, 0.15) is 123 Å². The molecule has 6 bridgehead atoms. The van der Waals surface area contributed by atoms with Gasteiger partial charge >= 0.3 is 0 Å². The van der Waals surface area contributed by atoms with Gasteiger partial charge in [0.15, 0.2) is 11.5 Å². The van der Waals surface area contributed by atoms with Crippen LogP contribution in [0.15, 0.2) is 92.0 Å². The molecule has 0 spiro atoms. The minimum absolute atomic E-state index is 0.0503. The lowest BCUT2D eigenvalue weighted by Crippen LogP contribution is -2.52. The third-order valence-corrected chi connectivity index (χ3v) is 14.6. The van der Waals surface area contributed by atoms with Crippen LogP contribution in [0.4, 0.5) is 11.4 Å². The molecule has 74 heavy (non-hydrogen) atoms. The molecule has 3 aliphatic heterocycles. The molecule has 9 rings (SSSR count). The van der Waals surface area contributed by atoms with E-state index >= 15 is 0 Å². The van der Waals surface area contributed by atoms with Crippen LogP contribution in [-0.4, -0.2) is 54.8 Å². The molecular weight excluding hydrogens is 1120 g/mol. The Morgan fingerprint density at radius 1 is 0.514 bits per heavy atom. The number of rotatable bonds is 4. The van der Waals surface area contributed by atoms with Crippen LogP contribution in [0.5, 0.6) is 23.0 Å². The molecule has 0 aliphatic carbocycles. The monoisotopic (exact) mass is 1170 g/mol. The van der Waals surface area contributed by atoms with E-state index in [9.17, 15) is 19.2 Å². The predicted molar refractivity (Wildman–Crippen MR) is 291 cm³/mol. The minimum Gasteiger partial charge on any atom is -0.455 e. The Morgan fingerprint density at radius 2 is 0.878 bits per heavy atom. The molecule has 4 amide bonds. The van der Waals surface area contributed by atoms with Crippen LogP contribution in [0.3, 0.4) is 0 Å². The molecule has 0 radical (unpaired) electrons. The van der Waals surface area contributed by atoms with Gasteiger partial charge in [0.2, 0.25) is 11.8 Å². The maximum atomic E-state index is 14.8. The first-order valence-electron chi connectivity index (χ1n) is 24.4. The van der Waals surface area contributed by atoms with Crippen molar-refractivity contribution in [2.24, 2.45) is 33.9 Å². The standard InChI is InChI=1S/C54H58Br2Cl2N10O6/c1-25(2)43-49-59-47-29(9)67(49)23-31-11-15-35(57)21-39(31)73-41-19-33(55)13-17-37(41)65-66-38-18-14-34(56)20-42(38)74-40-22-36(58)16-12-32(40)24-68-30(10)48(54(72)63-45(27(5)6)51(69)61-43)60-50(68)44(26(3)4)62-52(70)46(28(7)8)64-53(47)71/h11-22,25-28,43-46H,23-24H2,1-10H3,(H,61,69)(H,62,70)(H,63,72)(H,64,71)/t43-,44-,45-,46?/m0/s1. The second kappa shape index (κ2) is 22.4. The van der Waals surface area contributed by atoms with Crippen LogP contribution in [0.2, 0.25) is 10.0 Å². The van der Waals surface area contributed by atoms with E-state index in [1.165, 1.54) is 0 Å². The van der Waals surface area contributed by atoms with E-state index in [0.717, 1.165) is 0 Å². The highest BCUT2D eigenvalue weighted by molar-refractivity contribution is 9.10. The number of carbonyl (C=O) groups excluding carboxylic acids is 4. The van der Waals surface area contributed by atoms with Crippen molar-refractivity contribution in [2.45, 2.75) is 106 Å². The number of hydrogen-bond acceptors (Lipinski definition) is 10. The number of azo groups is 1. The first-order chi connectivity index (χ1) is 35.1. The summed E-state index contributed by atoms with van der Waals surface area (Å²) in [5, 5.41) is 22.6. The summed E-state index contributed by atoms with van der Waals surface area (Å²) in [6.07, 6.45) is 0. The highest BCUT2D eigenvalue weighted by Gasteiger charge is 2.37. The molecule has 4 aromatic carbocycles. The largest absolute Gasteiger partial charge is 0.455 e. The van der Waals surface area contributed by atoms with E-state index in [4.69, 9.17) is 52.9 Å². The number of carbonyl (C=O) groups is 4. The smallest absolute Gasteiger partial charge is 0.272 e. The van der Waals surface area contributed by atoms with E-state index in [2.05, 4.69) is 53.1 Å². The van der Waals surface area contributed by atoms with E-state index < -0.39 is 59.6 Å². The van der Waals surface area contributed by atoms with Crippen molar-refractivity contribution < 1.29 is 28.7 Å². The van der Waals surface area contributed by atoms with Crippen LogP contribution in [0.25, 0.3) is 0 Å². The molecule has 3 aliphatic rings. The summed E-state index contributed by atoms with van der Waals surface area (Å²) in [6.45, 7) is 18.8. The van der Waals surface area contributed by atoms with Crippen molar-refractivity contribution in [1.82, 2.24) is 40.4 Å². The van der Waals surface area contributed by atoms with Gasteiger partial charge in [-0.05, 0) is 98.2 Å². The molecule has 20 heteroatoms. The molecule has 6 aromatic rings. The van der Waals surface area contributed by atoms with Gasteiger partial charge in [-0.2, -0.15) is 0 Å². The highest BCUT2D eigenvalue weighted by atomic mass is 79.9. The Balaban J connectivity index is 1.43. The maximum Gasteiger partial charge on any atom is 0.272 e. The summed E-state index contributed by atoms with van der Waals surface area (Å²) in [5.41, 5.74) is 3.01. The number of imidazole rings is 2. The number of aromatic nitrogens is 4. The number of nitrogens with zero attached hydrogens (tertiary/aromatic N) is 6. The lowest BCUT2D eigenvalue weighted by atomic mass is 9.99. The van der Waals surface area contributed by atoms with Gasteiger partial charge in [0.05, 0.1) is 25.2 Å². The van der Waals surface area contributed by atoms with Crippen molar-refractivity contribution in [3.05, 3.63) is 137 Å². The average molecular weight is 1170 g/mol. The molecule has 16 nitrogen and oxygen atoms in total. The Hall–Kier alpha value is -6.08.